The molecule has 6 heteroatoms. The van der Waals surface area contributed by atoms with Crippen LogP contribution in [-0.4, -0.2) is 32.3 Å². The molecule has 196 valence electrons. The molecule has 0 amide bonds. The third-order valence-electron chi connectivity index (χ3n) is 5.54. The van der Waals surface area contributed by atoms with Gasteiger partial charge in [0.05, 0.1) is 20.3 Å². The van der Waals surface area contributed by atoms with Crippen molar-refractivity contribution in [2.45, 2.75) is 32.6 Å². The summed E-state index contributed by atoms with van der Waals surface area (Å²) in [5, 5.41) is 0. The predicted molar refractivity (Wildman–Crippen MR) is 147 cm³/mol. The van der Waals surface area contributed by atoms with E-state index in [0.717, 1.165) is 48.3 Å². The van der Waals surface area contributed by atoms with Crippen LogP contribution in [0.4, 0.5) is 0 Å². The first-order valence-electron chi connectivity index (χ1n) is 12.5. The molecule has 0 aliphatic heterocycles. The third-order valence-corrected chi connectivity index (χ3v) is 5.54. The van der Waals surface area contributed by atoms with Crippen LogP contribution >= 0.6 is 0 Å². The molecule has 0 unspecified atom stereocenters. The number of rotatable bonds is 12. The summed E-state index contributed by atoms with van der Waals surface area (Å²) in [7, 11) is 1.59. The van der Waals surface area contributed by atoms with Gasteiger partial charge in [-0.2, -0.15) is 0 Å². The van der Waals surface area contributed by atoms with Crippen LogP contribution in [0.25, 0.3) is 11.1 Å². The Morgan fingerprint density at radius 1 is 0.737 bits per heavy atom. The molecule has 0 N–H and O–H groups in total. The lowest BCUT2D eigenvalue weighted by molar-refractivity contribution is -0.139. The summed E-state index contributed by atoms with van der Waals surface area (Å²) in [5.74, 6) is 6.29. The Labute approximate surface area is 224 Å². The average molecular weight is 513 g/mol. The summed E-state index contributed by atoms with van der Waals surface area (Å²) >= 11 is 0. The molecule has 3 aromatic carbocycles. The number of ether oxygens (including phenoxy) is 4. The Morgan fingerprint density at radius 2 is 1.29 bits per heavy atom. The molecular formula is C32H32O6. The van der Waals surface area contributed by atoms with E-state index < -0.39 is 5.97 Å². The smallest absolute Gasteiger partial charge is 0.390 e. The Balaban J connectivity index is 1.38. The molecule has 0 aromatic heterocycles. The molecule has 3 aromatic rings. The van der Waals surface area contributed by atoms with E-state index in [-0.39, 0.29) is 5.97 Å². The van der Waals surface area contributed by atoms with E-state index >= 15 is 0 Å². The summed E-state index contributed by atoms with van der Waals surface area (Å²) in [5.41, 5.74) is 3.14. The first-order chi connectivity index (χ1) is 18.4. The lowest BCUT2D eigenvalue weighted by atomic mass is 10.1. The van der Waals surface area contributed by atoms with Crippen LogP contribution in [0.2, 0.25) is 0 Å². The van der Waals surface area contributed by atoms with E-state index in [2.05, 4.69) is 18.4 Å². The number of benzene rings is 3. The van der Waals surface area contributed by atoms with Crippen molar-refractivity contribution in [1.29, 1.82) is 0 Å². The van der Waals surface area contributed by atoms with Crippen molar-refractivity contribution < 1.29 is 28.5 Å². The highest BCUT2D eigenvalue weighted by Gasteiger charge is 2.04. The van der Waals surface area contributed by atoms with Crippen LogP contribution in [0, 0.1) is 11.8 Å². The van der Waals surface area contributed by atoms with E-state index in [1.54, 1.807) is 50.4 Å². The number of hydrogen-bond acceptors (Lipinski definition) is 6. The lowest BCUT2D eigenvalue weighted by Gasteiger charge is -2.08. The zero-order valence-corrected chi connectivity index (χ0v) is 21.8. The van der Waals surface area contributed by atoms with Crippen molar-refractivity contribution in [2.24, 2.45) is 0 Å². The maximum atomic E-state index is 12.1. The number of carbonyl (C=O) groups excluding carboxylic acids is 2. The SMILES string of the molecule is C=C(C)C(=O)OCCCCCCOc1ccc(-c2ccc(OC(=O)C#Cc3ccc(OC)cc3)cc2)cc1. The van der Waals surface area contributed by atoms with Gasteiger partial charge >= 0.3 is 11.9 Å². The van der Waals surface area contributed by atoms with E-state index in [0.29, 0.717) is 30.1 Å². The van der Waals surface area contributed by atoms with E-state index in [9.17, 15) is 9.59 Å². The molecule has 0 fully saturated rings. The first-order valence-corrected chi connectivity index (χ1v) is 12.5. The van der Waals surface area contributed by atoms with Crippen molar-refractivity contribution in [3.63, 3.8) is 0 Å². The molecule has 0 saturated carbocycles. The summed E-state index contributed by atoms with van der Waals surface area (Å²) in [6.45, 7) is 6.26. The number of hydrogen-bond donors (Lipinski definition) is 0. The fourth-order valence-electron chi connectivity index (χ4n) is 3.42. The first kappa shape index (κ1) is 28.1. The van der Waals surface area contributed by atoms with Gasteiger partial charge in [-0.25, -0.2) is 9.59 Å². The zero-order valence-electron chi connectivity index (χ0n) is 21.8. The monoisotopic (exact) mass is 512 g/mol. The summed E-state index contributed by atoms with van der Waals surface area (Å²) < 4.78 is 21.3. The molecule has 3 rings (SSSR count). The molecule has 0 heterocycles. The molecule has 0 saturated heterocycles. The van der Waals surface area contributed by atoms with Crippen molar-refractivity contribution >= 4 is 11.9 Å². The van der Waals surface area contributed by atoms with Gasteiger partial charge in [-0.15, -0.1) is 0 Å². The maximum absolute atomic E-state index is 12.1. The maximum Gasteiger partial charge on any atom is 0.390 e. The third kappa shape index (κ3) is 9.51. The number of esters is 2. The Bertz CT molecular complexity index is 1260. The van der Waals surface area contributed by atoms with E-state index in [1.807, 2.05) is 36.4 Å². The summed E-state index contributed by atoms with van der Waals surface area (Å²) in [4.78, 5) is 23.4. The number of unbranched alkanes of at least 4 members (excludes halogenated alkanes) is 3. The highest BCUT2D eigenvalue weighted by atomic mass is 16.5. The Hall–Kier alpha value is -4.50. The number of methoxy groups -OCH3 is 1. The number of carbonyl (C=O) groups is 2. The lowest BCUT2D eigenvalue weighted by Crippen LogP contribution is -2.06. The van der Waals surface area contributed by atoms with Crippen LogP contribution in [-0.2, 0) is 14.3 Å². The second-order valence-corrected chi connectivity index (χ2v) is 8.60. The van der Waals surface area contributed by atoms with Gasteiger partial charge in [0.1, 0.15) is 17.2 Å². The molecule has 0 atom stereocenters. The van der Waals surface area contributed by atoms with Gasteiger partial charge in [-0.05, 0) is 92.3 Å². The van der Waals surface area contributed by atoms with Crippen LogP contribution in [0.15, 0.2) is 84.9 Å². The average Bonchev–Trinajstić information content (AvgIpc) is 2.94. The van der Waals surface area contributed by atoms with Crippen molar-refractivity contribution in [3.8, 4) is 40.2 Å². The van der Waals surface area contributed by atoms with Gasteiger partial charge in [0.25, 0.3) is 0 Å². The van der Waals surface area contributed by atoms with E-state index in [4.69, 9.17) is 18.9 Å². The Kier molecular flexibility index (Phi) is 11.0. The molecule has 0 spiro atoms. The van der Waals surface area contributed by atoms with Crippen LogP contribution in [0.1, 0.15) is 38.2 Å². The fourth-order valence-corrected chi connectivity index (χ4v) is 3.42. The van der Waals surface area contributed by atoms with Gasteiger partial charge < -0.3 is 18.9 Å². The minimum absolute atomic E-state index is 0.331. The molecule has 0 radical (unpaired) electrons. The van der Waals surface area contributed by atoms with Gasteiger partial charge in [0, 0.05) is 17.1 Å². The highest BCUT2D eigenvalue weighted by molar-refractivity contribution is 5.91. The fraction of sp³-hybridized carbons (Fsp3) is 0.250. The minimum atomic E-state index is -0.624. The molecule has 0 bridgehead atoms. The summed E-state index contributed by atoms with van der Waals surface area (Å²) in [6, 6.07) is 22.3. The quantitative estimate of drug-likeness (QED) is 0.0922. The second kappa shape index (κ2) is 14.9. The van der Waals surface area contributed by atoms with Gasteiger partial charge in [0.15, 0.2) is 0 Å². The van der Waals surface area contributed by atoms with Crippen LogP contribution in [0.3, 0.4) is 0 Å². The topological polar surface area (TPSA) is 71.1 Å². The Morgan fingerprint density at radius 3 is 1.87 bits per heavy atom. The van der Waals surface area contributed by atoms with E-state index in [1.165, 1.54) is 0 Å². The van der Waals surface area contributed by atoms with Crippen LogP contribution < -0.4 is 14.2 Å². The highest BCUT2D eigenvalue weighted by Crippen LogP contribution is 2.25. The standard InChI is InChI=1S/C32H32O6/c1-24(2)32(34)37-23-7-5-4-6-22-36-29-17-11-26(12-18-29)27-13-19-30(20-14-27)38-31(33)21-10-25-8-15-28(35-3)16-9-25/h8-9,11-20H,1,4-7,22-23H2,2-3H3. The van der Waals surface area contributed by atoms with Crippen molar-refractivity contribution in [3.05, 3.63) is 90.5 Å². The second-order valence-electron chi connectivity index (χ2n) is 8.60. The molecule has 6 nitrogen and oxygen atoms in total. The normalized spacial score (nSPS) is 10.1. The molecular weight excluding hydrogens is 480 g/mol. The minimum Gasteiger partial charge on any atom is -0.497 e. The predicted octanol–water partition coefficient (Wildman–Crippen LogP) is 6.38. The zero-order chi connectivity index (χ0) is 27.2. The summed E-state index contributed by atoms with van der Waals surface area (Å²) in [6.07, 6.45) is 3.75. The van der Waals surface area contributed by atoms with Crippen molar-refractivity contribution in [1.82, 2.24) is 0 Å². The largest absolute Gasteiger partial charge is 0.497 e. The molecule has 38 heavy (non-hydrogen) atoms. The molecule has 0 aliphatic carbocycles. The van der Waals surface area contributed by atoms with Gasteiger partial charge in [0.2, 0.25) is 0 Å². The van der Waals surface area contributed by atoms with Crippen LogP contribution in [0.5, 0.6) is 17.2 Å². The van der Waals surface area contributed by atoms with Gasteiger partial charge in [-0.3, -0.25) is 0 Å². The molecule has 0 aliphatic rings. The van der Waals surface area contributed by atoms with Gasteiger partial charge in [-0.1, -0.05) is 36.8 Å². The van der Waals surface area contributed by atoms with Crippen molar-refractivity contribution in [2.75, 3.05) is 20.3 Å².